The van der Waals surface area contributed by atoms with Crippen LogP contribution in [0.15, 0.2) is 124 Å². The van der Waals surface area contributed by atoms with Crippen LogP contribution in [0.2, 0.25) is 0 Å². The number of hydrogen-bond donors (Lipinski definition) is 0. The summed E-state index contributed by atoms with van der Waals surface area (Å²) in [4.78, 5) is 10.3. The van der Waals surface area contributed by atoms with Crippen molar-refractivity contribution in [1.82, 2.24) is 0 Å². The third-order valence-electron chi connectivity index (χ3n) is 6.64. The molecule has 0 amide bonds. The van der Waals surface area contributed by atoms with Gasteiger partial charge in [0.2, 0.25) is 5.90 Å². The number of hydrogen-bond acceptors (Lipinski definition) is 3. The smallest absolute Gasteiger partial charge is 0.213 e. The van der Waals surface area contributed by atoms with Gasteiger partial charge in [-0.25, -0.2) is 4.99 Å². The van der Waals surface area contributed by atoms with Crippen molar-refractivity contribution in [2.45, 2.75) is 31.8 Å². The Balaban J connectivity index is 1.66. The van der Waals surface area contributed by atoms with E-state index in [1.807, 2.05) is 6.21 Å². The minimum absolute atomic E-state index is 0.221. The molecule has 0 saturated heterocycles. The molecule has 0 fully saturated rings. The molecule has 5 rings (SSSR count). The van der Waals surface area contributed by atoms with Crippen LogP contribution in [-0.4, -0.2) is 24.8 Å². The van der Waals surface area contributed by atoms with Crippen LogP contribution in [0, 0.1) is 5.92 Å². The van der Waals surface area contributed by atoms with E-state index in [0.717, 1.165) is 40.2 Å². The van der Waals surface area contributed by atoms with Gasteiger partial charge in [-0.05, 0) is 29.0 Å². The van der Waals surface area contributed by atoms with Gasteiger partial charge in [0.25, 0.3) is 0 Å². The van der Waals surface area contributed by atoms with Gasteiger partial charge in [-0.2, -0.15) is 0 Å². The molecule has 1 aliphatic heterocycles. The fourth-order valence-electron chi connectivity index (χ4n) is 4.68. The number of ether oxygens (including phenoxy) is 1. The molecule has 1 heterocycles. The number of nitrogens with zero attached hydrogens (tertiary/aromatic N) is 2. The van der Waals surface area contributed by atoms with E-state index in [4.69, 9.17) is 14.7 Å². The molecule has 170 valence electrons. The molecule has 0 aromatic heterocycles. The van der Waals surface area contributed by atoms with Crippen molar-refractivity contribution in [3.8, 4) is 0 Å². The predicted octanol–water partition coefficient (Wildman–Crippen LogP) is 6.76. The van der Waals surface area contributed by atoms with Crippen LogP contribution in [0.25, 0.3) is 0 Å². The highest BCUT2D eigenvalue weighted by molar-refractivity contribution is 6.03. The summed E-state index contributed by atoms with van der Waals surface area (Å²) in [5.74, 6) is 1.24. The summed E-state index contributed by atoms with van der Waals surface area (Å²) in [6.07, 6.45) is 7.14. The van der Waals surface area contributed by atoms with Gasteiger partial charge in [-0.1, -0.05) is 117 Å². The first kappa shape index (κ1) is 22.1. The second-order valence-electron chi connectivity index (χ2n) is 9.16. The zero-order valence-corrected chi connectivity index (χ0v) is 19.8. The molecule has 0 radical (unpaired) electrons. The number of rotatable bonds is 7. The lowest BCUT2D eigenvalue weighted by atomic mass is 9.77. The summed E-state index contributed by atoms with van der Waals surface area (Å²) in [5.41, 5.74) is 4.90. The van der Waals surface area contributed by atoms with Crippen LogP contribution in [0.3, 0.4) is 0 Å². The Morgan fingerprint density at radius 1 is 0.853 bits per heavy atom. The summed E-state index contributed by atoms with van der Waals surface area (Å²) in [6.45, 7) is 5.04. The highest BCUT2D eigenvalue weighted by atomic mass is 16.5. The second kappa shape index (κ2) is 9.64. The lowest BCUT2D eigenvalue weighted by molar-refractivity contribution is 0.291. The largest absolute Gasteiger partial charge is 0.475 e. The Labute approximate surface area is 202 Å². The fraction of sp³-hybridized carbons (Fsp3) is 0.226. The molecular weight excluding hydrogens is 416 g/mol. The molecule has 0 N–H and O–H groups in total. The topological polar surface area (TPSA) is 34.0 Å². The summed E-state index contributed by atoms with van der Waals surface area (Å²) in [6, 6.07) is 31.8. The molecule has 34 heavy (non-hydrogen) atoms. The van der Waals surface area contributed by atoms with Gasteiger partial charge in [-0.3, -0.25) is 4.99 Å². The Morgan fingerprint density at radius 2 is 1.38 bits per heavy atom. The minimum atomic E-state index is -0.670. The molecule has 0 unspecified atom stereocenters. The SMILES string of the molecule is CC(C)[C@H]1COC(C2=C(C=NC(c3ccccc3)(c3ccccc3)c3ccccc3)C=CC2)=N1. The van der Waals surface area contributed by atoms with Crippen molar-refractivity contribution >= 4 is 12.1 Å². The van der Waals surface area contributed by atoms with E-state index in [1.54, 1.807) is 0 Å². The molecular formula is C31H30N2O. The fourth-order valence-corrected chi connectivity index (χ4v) is 4.68. The van der Waals surface area contributed by atoms with Gasteiger partial charge in [-0.15, -0.1) is 0 Å². The van der Waals surface area contributed by atoms with E-state index >= 15 is 0 Å². The second-order valence-corrected chi connectivity index (χ2v) is 9.16. The molecule has 1 atom stereocenters. The van der Waals surface area contributed by atoms with Crippen LogP contribution in [0.4, 0.5) is 0 Å². The molecule has 0 saturated carbocycles. The van der Waals surface area contributed by atoms with Crippen LogP contribution in [0.5, 0.6) is 0 Å². The van der Waals surface area contributed by atoms with Gasteiger partial charge in [0, 0.05) is 17.4 Å². The van der Waals surface area contributed by atoms with Crippen molar-refractivity contribution in [3.63, 3.8) is 0 Å². The summed E-state index contributed by atoms with van der Waals surface area (Å²) < 4.78 is 6.02. The van der Waals surface area contributed by atoms with Crippen molar-refractivity contribution in [2.75, 3.05) is 6.61 Å². The molecule has 3 aromatic carbocycles. The lowest BCUT2D eigenvalue weighted by Gasteiger charge is -2.32. The molecule has 3 heteroatoms. The quantitative estimate of drug-likeness (QED) is 0.292. The monoisotopic (exact) mass is 446 g/mol. The van der Waals surface area contributed by atoms with Crippen molar-refractivity contribution in [1.29, 1.82) is 0 Å². The first-order chi connectivity index (χ1) is 16.7. The van der Waals surface area contributed by atoms with Gasteiger partial charge in [0.1, 0.15) is 12.1 Å². The maximum atomic E-state index is 6.02. The maximum Gasteiger partial charge on any atom is 0.213 e. The van der Waals surface area contributed by atoms with Crippen LogP contribution >= 0.6 is 0 Å². The van der Waals surface area contributed by atoms with E-state index in [9.17, 15) is 0 Å². The molecule has 2 aliphatic rings. The number of aliphatic imine (C=N–C) groups is 2. The summed E-state index contributed by atoms with van der Waals surface area (Å²) in [7, 11) is 0. The average molecular weight is 447 g/mol. The Morgan fingerprint density at radius 3 is 1.85 bits per heavy atom. The van der Waals surface area contributed by atoms with E-state index in [1.165, 1.54) is 0 Å². The Kier molecular flexibility index (Phi) is 6.27. The van der Waals surface area contributed by atoms with Gasteiger partial charge < -0.3 is 4.74 Å². The third kappa shape index (κ3) is 4.14. The highest BCUT2D eigenvalue weighted by Gasteiger charge is 2.35. The molecule has 0 spiro atoms. The minimum Gasteiger partial charge on any atom is -0.475 e. The predicted molar refractivity (Wildman–Crippen MR) is 140 cm³/mol. The average Bonchev–Trinajstić information content (AvgIpc) is 3.56. The normalized spacial score (nSPS) is 18.1. The molecule has 1 aliphatic carbocycles. The number of allylic oxidation sites excluding steroid dienone is 3. The number of benzene rings is 3. The lowest BCUT2D eigenvalue weighted by Crippen LogP contribution is -2.27. The zero-order valence-electron chi connectivity index (χ0n) is 19.8. The van der Waals surface area contributed by atoms with Crippen LogP contribution in [0.1, 0.15) is 37.0 Å². The molecule has 3 nitrogen and oxygen atoms in total. The Bertz CT molecular complexity index is 1140. The van der Waals surface area contributed by atoms with E-state index in [0.29, 0.717) is 12.5 Å². The highest BCUT2D eigenvalue weighted by Crippen LogP contribution is 2.40. The standard InChI is InChI=1S/C31H30N2O/c1-23(2)29-22-34-30(33-29)28-20-12-13-24(28)21-32-31(25-14-6-3-7-15-25,26-16-8-4-9-17-26)27-18-10-5-11-19-27/h3-19,21,23,29H,20,22H2,1-2H3/t29-/m1/s1. The first-order valence-corrected chi connectivity index (χ1v) is 12.0. The van der Waals surface area contributed by atoms with Crippen LogP contribution in [-0.2, 0) is 10.3 Å². The maximum absolute atomic E-state index is 6.02. The van der Waals surface area contributed by atoms with Gasteiger partial charge in [0.15, 0.2) is 0 Å². The van der Waals surface area contributed by atoms with Crippen molar-refractivity contribution in [3.05, 3.63) is 131 Å². The van der Waals surface area contributed by atoms with Gasteiger partial charge >= 0.3 is 0 Å². The van der Waals surface area contributed by atoms with E-state index < -0.39 is 5.54 Å². The summed E-state index contributed by atoms with van der Waals surface area (Å²) >= 11 is 0. The molecule has 3 aromatic rings. The Hall–Kier alpha value is -3.72. The molecule has 0 bridgehead atoms. The third-order valence-corrected chi connectivity index (χ3v) is 6.64. The van der Waals surface area contributed by atoms with Gasteiger partial charge in [0.05, 0.1) is 6.04 Å². The van der Waals surface area contributed by atoms with E-state index in [-0.39, 0.29) is 6.04 Å². The van der Waals surface area contributed by atoms with Crippen LogP contribution < -0.4 is 0 Å². The summed E-state index contributed by atoms with van der Waals surface area (Å²) in [5, 5.41) is 0. The van der Waals surface area contributed by atoms with Crippen molar-refractivity contribution < 1.29 is 4.74 Å². The van der Waals surface area contributed by atoms with E-state index in [2.05, 4.69) is 117 Å². The zero-order chi connectivity index (χ0) is 23.4. The first-order valence-electron chi connectivity index (χ1n) is 12.0. The van der Waals surface area contributed by atoms with Crippen molar-refractivity contribution in [2.24, 2.45) is 15.9 Å².